The molecule has 0 bridgehead atoms. The molecular formula is C11H13N3O5. The number of aromatic nitrogens is 1. The van der Waals surface area contributed by atoms with E-state index in [1.54, 1.807) is 0 Å². The van der Waals surface area contributed by atoms with Gasteiger partial charge in [0, 0.05) is 12.7 Å². The van der Waals surface area contributed by atoms with Gasteiger partial charge in [0.25, 0.3) is 0 Å². The van der Waals surface area contributed by atoms with Gasteiger partial charge < -0.3 is 15.2 Å². The summed E-state index contributed by atoms with van der Waals surface area (Å²) >= 11 is 0. The largest absolute Gasteiger partial charge is 0.477 e. The summed E-state index contributed by atoms with van der Waals surface area (Å²) in [5.41, 5.74) is -0.900. The van der Waals surface area contributed by atoms with Crippen molar-refractivity contribution in [3.05, 3.63) is 27.9 Å². The molecule has 2 unspecified atom stereocenters. The lowest BCUT2D eigenvalue weighted by Gasteiger charge is -2.16. The SMILES string of the molecule is CC1OCCC1Nc1cc(C(=O)O)c([N+](=O)[O-])cn1. The number of hydrogen-bond donors (Lipinski definition) is 2. The zero-order chi connectivity index (χ0) is 14.0. The summed E-state index contributed by atoms with van der Waals surface area (Å²) in [6.07, 6.45) is 1.72. The van der Waals surface area contributed by atoms with Crippen molar-refractivity contribution < 1.29 is 19.6 Å². The number of ether oxygens (including phenoxy) is 1. The fraction of sp³-hybridized carbons (Fsp3) is 0.455. The number of aromatic carboxylic acids is 1. The van der Waals surface area contributed by atoms with Crippen LogP contribution in [0.1, 0.15) is 23.7 Å². The normalized spacial score (nSPS) is 22.2. The molecule has 0 radical (unpaired) electrons. The Morgan fingerprint density at radius 2 is 2.42 bits per heavy atom. The number of rotatable bonds is 4. The molecule has 0 spiro atoms. The molecule has 8 heteroatoms. The summed E-state index contributed by atoms with van der Waals surface area (Å²) in [6, 6.07) is 1.20. The minimum absolute atomic E-state index is 0.00901. The second-order valence-corrected chi connectivity index (χ2v) is 4.26. The molecule has 2 N–H and O–H groups in total. The quantitative estimate of drug-likeness (QED) is 0.623. The molecule has 1 aliphatic heterocycles. The second kappa shape index (κ2) is 5.19. The summed E-state index contributed by atoms with van der Waals surface area (Å²) in [6.45, 7) is 2.52. The van der Waals surface area contributed by atoms with E-state index in [1.807, 2.05) is 6.92 Å². The monoisotopic (exact) mass is 267 g/mol. The third kappa shape index (κ3) is 2.79. The van der Waals surface area contributed by atoms with Crippen molar-refractivity contribution in [2.45, 2.75) is 25.5 Å². The molecule has 2 heterocycles. The van der Waals surface area contributed by atoms with E-state index >= 15 is 0 Å². The number of carbonyl (C=O) groups is 1. The second-order valence-electron chi connectivity index (χ2n) is 4.26. The topological polar surface area (TPSA) is 115 Å². The number of nitrogens with zero attached hydrogens (tertiary/aromatic N) is 2. The van der Waals surface area contributed by atoms with Crippen LogP contribution in [0.25, 0.3) is 0 Å². The van der Waals surface area contributed by atoms with Crippen LogP contribution in [0.3, 0.4) is 0 Å². The molecule has 2 atom stereocenters. The van der Waals surface area contributed by atoms with Crippen LogP contribution in [-0.2, 0) is 4.74 Å². The standard InChI is InChI=1S/C11H13N3O5/c1-6-8(2-3-19-6)13-10-4-7(11(15)16)9(5-12-10)14(17)18/h4-6,8H,2-3H2,1H3,(H,12,13)(H,15,16). The van der Waals surface area contributed by atoms with E-state index in [9.17, 15) is 14.9 Å². The van der Waals surface area contributed by atoms with Crippen molar-refractivity contribution in [2.75, 3.05) is 11.9 Å². The van der Waals surface area contributed by atoms with Gasteiger partial charge in [0.1, 0.15) is 17.6 Å². The van der Waals surface area contributed by atoms with Gasteiger partial charge in [-0.25, -0.2) is 9.78 Å². The minimum Gasteiger partial charge on any atom is -0.477 e. The highest BCUT2D eigenvalue weighted by Crippen LogP contribution is 2.23. The Bertz CT molecular complexity index is 519. The Kier molecular flexibility index (Phi) is 3.61. The van der Waals surface area contributed by atoms with Gasteiger partial charge in [0.05, 0.1) is 17.1 Å². The average Bonchev–Trinajstić information content (AvgIpc) is 2.74. The molecule has 0 saturated carbocycles. The van der Waals surface area contributed by atoms with Crippen molar-refractivity contribution in [2.24, 2.45) is 0 Å². The first-order valence-corrected chi connectivity index (χ1v) is 5.75. The molecular weight excluding hydrogens is 254 g/mol. The molecule has 2 rings (SSSR count). The lowest BCUT2D eigenvalue weighted by atomic mass is 10.1. The third-order valence-electron chi connectivity index (χ3n) is 3.02. The maximum Gasteiger partial charge on any atom is 0.342 e. The molecule has 0 amide bonds. The summed E-state index contributed by atoms with van der Waals surface area (Å²) in [5, 5.41) is 22.7. The maximum atomic E-state index is 11.0. The highest BCUT2D eigenvalue weighted by molar-refractivity contribution is 5.93. The first-order valence-electron chi connectivity index (χ1n) is 5.75. The van der Waals surface area contributed by atoms with Crippen molar-refractivity contribution in [1.29, 1.82) is 0 Å². The van der Waals surface area contributed by atoms with Gasteiger partial charge in [-0.05, 0) is 13.3 Å². The van der Waals surface area contributed by atoms with Crippen LogP contribution in [0.4, 0.5) is 11.5 Å². The van der Waals surface area contributed by atoms with E-state index < -0.39 is 16.6 Å². The molecule has 1 fully saturated rings. The smallest absolute Gasteiger partial charge is 0.342 e. The van der Waals surface area contributed by atoms with Crippen molar-refractivity contribution in [1.82, 2.24) is 4.98 Å². The van der Waals surface area contributed by atoms with Gasteiger partial charge in [-0.15, -0.1) is 0 Å². The van der Waals surface area contributed by atoms with Gasteiger partial charge in [-0.3, -0.25) is 10.1 Å². The molecule has 8 nitrogen and oxygen atoms in total. The van der Waals surface area contributed by atoms with E-state index in [1.165, 1.54) is 6.07 Å². The molecule has 1 aromatic heterocycles. The number of anilines is 1. The number of pyridine rings is 1. The van der Waals surface area contributed by atoms with Gasteiger partial charge in [0.15, 0.2) is 0 Å². The molecule has 102 valence electrons. The highest BCUT2D eigenvalue weighted by Gasteiger charge is 2.26. The zero-order valence-corrected chi connectivity index (χ0v) is 10.2. The molecule has 0 aliphatic carbocycles. The van der Waals surface area contributed by atoms with Gasteiger partial charge in [-0.2, -0.15) is 0 Å². The van der Waals surface area contributed by atoms with E-state index in [0.717, 1.165) is 12.6 Å². The Balaban J connectivity index is 2.25. The number of carboxylic acids is 1. The highest BCUT2D eigenvalue weighted by atomic mass is 16.6. The van der Waals surface area contributed by atoms with Crippen LogP contribution in [0, 0.1) is 10.1 Å². The molecule has 1 aliphatic rings. The van der Waals surface area contributed by atoms with E-state index in [2.05, 4.69) is 10.3 Å². The van der Waals surface area contributed by atoms with E-state index in [-0.39, 0.29) is 17.7 Å². The first-order chi connectivity index (χ1) is 8.99. The van der Waals surface area contributed by atoms with Crippen LogP contribution in [0.5, 0.6) is 0 Å². The fourth-order valence-electron chi connectivity index (χ4n) is 1.96. The lowest BCUT2D eigenvalue weighted by molar-refractivity contribution is -0.385. The summed E-state index contributed by atoms with van der Waals surface area (Å²) in [7, 11) is 0. The summed E-state index contributed by atoms with van der Waals surface area (Å²) in [4.78, 5) is 24.8. The van der Waals surface area contributed by atoms with Crippen LogP contribution in [-0.4, -0.2) is 39.7 Å². The van der Waals surface area contributed by atoms with Gasteiger partial charge in [0.2, 0.25) is 0 Å². The Hall–Kier alpha value is -2.22. The summed E-state index contributed by atoms with van der Waals surface area (Å²) < 4.78 is 5.36. The Morgan fingerprint density at radius 3 is 2.95 bits per heavy atom. The van der Waals surface area contributed by atoms with Gasteiger partial charge in [-0.1, -0.05) is 0 Å². The fourth-order valence-corrected chi connectivity index (χ4v) is 1.96. The number of nitrogens with one attached hydrogen (secondary N) is 1. The third-order valence-corrected chi connectivity index (χ3v) is 3.02. The van der Waals surface area contributed by atoms with Crippen molar-refractivity contribution >= 4 is 17.5 Å². The van der Waals surface area contributed by atoms with E-state index in [0.29, 0.717) is 12.4 Å². The number of hydrogen-bond acceptors (Lipinski definition) is 6. The molecule has 19 heavy (non-hydrogen) atoms. The lowest BCUT2D eigenvalue weighted by Crippen LogP contribution is -2.27. The van der Waals surface area contributed by atoms with Crippen LogP contribution >= 0.6 is 0 Å². The molecule has 1 aromatic rings. The first kappa shape index (κ1) is 13.2. The molecule has 0 aromatic carbocycles. The predicted octanol–water partition coefficient (Wildman–Crippen LogP) is 1.28. The van der Waals surface area contributed by atoms with Gasteiger partial charge >= 0.3 is 11.7 Å². The number of nitro groups is 1. The average molecular weight is 267 g/mol. The minimum atomic E-state index is -1.35. The maximum absolute atomic E-state index is 11.0. The zero-order valence-electron chi connectivity index (χ0n) is 10.2. The van der Waals surface area contributed by atoms with Crippen molar-refractivity contribution in [3.8, 4) is 0 Å². The predicted molar refractivity (Wildman–Crippen MR) is 65.3 cm³/mol. The molecule has 1 saturated heterocycles. The van der Waals surface area contributed by atoms with Crippen LogP contribution < -0.4 is 5.32 Å². The van der Waals surface area contributed by atoms with Crippen LogP contribution in [0.15, 0.2) is 12.3 Å². The van der Waals surface area contributed by atoms with Crippen LogP contribution in [0.2, 0.25) is 0 Å². The summed E-state index contributed by atoms with van der Waals surface area (Å²) in [5.74, 6) is -1.06. The van der Waals surface area contributed by atoms with E-state index in [4.69, 9.17) is 9.84 Å². The number of carboxylic acid groups (broad SMARTS) is 1. The Labute approximate surface area is 108 Å². The van der Waals surface area contributed by atoms with Crippen molar-refractivity contribution in [3.63, 3.8) is 0 Å². The Morgan fingerprint density at radius 1 is 1.68 bits per heavy atom.